The minimum Gasteiger partial charge on any atom is -0.352 e. The fraction of sp³-hybridized carbons (Fsp3) is 0.591. The Morgan fingerprint density at radius 1 is 1.07 bits per heavy atom. The lowest BCUT2D eigenvalue weighted by molar-refractivity contribution is -0.136. The van der Waals surface area contributed by atoms with Gasteiger partial charge in [-0.1, -0.05) is 30.9 Å². The van der Waals surface area contributed by atoms with Gasteiger partial charge in [0.05, 0.1) is 5.69 Å². The molecule has 1 aliphatic carbocycles. The number of nitrogens with zero attached hydrogens (tertiary/aromatic N) is 2. The first-order valence-electron chi connectivity index (χ1n) is 10.9. The molecule has 3 aliphatic rings. The number of rotatable bonds is 4. The van der Waals surface area contributed by atoms with Crippen LogP contribution in [0, 0.1) is 0 Å². The van der Waals surface area contributed by atoms with Crippen molar-refractivity contribution >= 4 is 46.8 Å². The molecular weight excluding hydrogens is 422 g/mol. The van der Waals surface area contributed by atoms with Gasteiger partial charge in [0.25, 0.3) is 5.91 Å². The third kappa shape index (κ3) is 4.78. The van der Waals surface area contributed by atoms with Crippen molar-refractivity contribution in [2.45, 2.75) is 67.6 Å². The molecule has 4 rings (SSSR count). The van der Waals surface area contributed by atoms with E-state index in [9.17, 15) is 14.4 Å². The van der Waals surface area contributed by atoms with Gasteiger partial charge >= 0.3 is 0 Å². The van der Waals surface area contributed by atoms with Gasteiger partial charge in [-0.25, -0.2) is 0 Å². The largest absolute Gasteiger partial charge is 0.352 e. The normalized spacial score (nSPS) is 22.6. The SMILES string of the molecule is O=C(CN1C(=O)C(C(=O)N2CCCCC2)Sc2cc(Cl)ccc21)NC1CCCCC1. The standard InChI is InChI=1S/C22H28ClN3O3S/c23-15-9-10-17-18(13-15)30-20(21(28)25-11-5-2-6-12-25)22(29)26(17)14-19(27)24-16-7-3-1-4-8-16/h9-10,13,16,20H,1-8,11-12,14H2,(H,24,27). The summed E-state index contributed by atoms with van der Waals surface area (Å²) in [7, 11) is 0. The summed E-state index contributed by atoms with van der Waals surface area (Å²) in [5.74, 6) is -0.649. The summed E-state index contributed by atoms with van der Waals surface area (Å²) in [6.07, 6.45) is 8.47. The Hall–Kier alpha value is -1.73. The van der Waals surface area contributed by atoms with E-state index in [0.717, 1.165) is 49.8 Å². The first-order chi connectivity index (χ1) is 14.5. The molecule has 3 amide bonds. The predicted octanol–water partition coefficient (Wildman–Crippen LogP) is 3.61. The van der Waals surface area contributed by atoms with Crippen molar-refractivity contribution in [3.05, 3.63) is 23.2 Å². The lowest BCUT2D eigenvalue weighted by Gasteiger charge is -2.36. The van der Waals surface area contributed by atoms with E-state index in [0.29, 0.717) is 23.8 Å². The Labute approximate surface area is 186 Å². The van der Waals surface area contributed by atoms with Crippen LogP contribution in [0.3, 0.4) is 0 Å². The van der Waals surface area contributed by atoms with Crippen molar-refractivity contribution in [1.82, 2.24) is 10.2 Å². The lowest BCUT2D eigenvalue weighted by atomic mass is 9.95. The van der Waals surface area contributed by atoms with E-state index in [2.05, 4.69) is 5.32 Å². The van der Waals surface area contributed by atoms with Crippen molar-refractivity contribution in [3.63, 3.8) is 0 Å². The summed E-state index contributed by atoms with van der Waals surface area (Å²) in [4.78, 5) is 43.2. The number of hydrogen-bond donors (Lipinski definition) is 1. The minimum atomic E-state index is -0.864. The maximum absolute atomic E-state index is 13.3. The number of benzene rings is 1. The average Bonchev–Trinajstić information content (AvgIpc) is 2.76. The summed E-state index contributed by atoms with van der Waals surface area (Å²) in [6.45, 7) is 1.30. The number of carbonyl (C=O) groups excluding carboxylic acids is 3. The molecule has 1 unspecified atom stereocenters. The highest BCUT2D eigenvalue weighted by Crippen LogP contribution is 2.41. The number of carbonyl (C=O) groups is 3. The highest BCUT2D eigenvalue weighted by Gasteiger charge is 2.41. The van der Waals surface area contributed by atoms with Crippen molar-refractivity contribution in [1.29, 1.82) is 0 Å². The Kier molecular flexibility index (Phi) is 6.88. The molecule has 162 valence electrons. The van der Waals surface area contributed by atoms with Gasteiger partial charge in [0, 0.05) is 29.0 Å². The molecule has 1 atom stereocenters. The van der Waals surface area contributed by atoms with Crippen LogP contribution in [-0.4, -0.2) is 53.5 Å². The van der Waals surface area contributed by atoms with Crippen LogP contribution in [0.1, 0.15) is 51.4 Å². The fourth-order valence-electron chi connectivity index (χ4n) is 4.51. The zero-order chi connectivity index (χ0) is 21.1. The zero-order valence-electron chi connectivity index (χ0n) is 17.1. The molecule has 1 N–H and O–H groups in total. The van der Waals surface area contributed by atoms with Crippen molar-refractivity contribution in [2.75, 3.05) is 24.5 Å². The van der Waals surface area contributed by atoms with E-state index < -0.39 is 5.25 Å². The number of nitrogens with one attached hydrogen (secondary N) is 1. The molecule has 6 nitrogen and oxygen atoms in total. The third-order valence-corrected chi connectivity index (χ3v) is 7.57. The van der Waals surface area contributed by atoms with Crippen molar-refractivity contribution in [2.24, 2.45) is 0 Å². The van der Waals surface area contributed by atoms with Crippen LogP contribution in [0.2, 0.25) is 5.02 Å². The number of anilines is 1. The molecule has 1 saturated carbocycles. The smallest absolute Gasteiger partial charge is 0.250 e. The number of likely N-dealkylation sites (tertiary alicyclic amines) is 1. The van der Waals surface area contributed by atoms with Crippen LogP contribution in [0.15, 0.2) is 23.1 Å². The molecule has 0 bridgehead atoms. The first kappa shape index (κ1) is 21.5. The van der Waals surface area contributed by atoms with E-state index in [1.165, 1.54) is 23.1 Å². The Balaban J connectivity index is 1.53. The highest BCUT2D eigenvalue weighted by molar-refractivity contribution is 8.01. The summed E-state index contributed by atoms with van der Waals surface area (Å²) in [5, 5.41) is 2.76. The van der Waals surface area contributed by atoms with Gasteiger partial charge in [-0.15, -0.1) is 11.8 Å². The second-order valence-corrected chi connectivity index (χ2v) is 9.91. The molecule has 1 saturated heterocycles. The average molecular weight is 450 g/mol. The fourth-order valence-corrected chi connectivity index (χ4v) is 5.97. The minimum absolute atomic E-state index is 0.0751. The van der Waals surface area contributed by atoms with Crippen LogP contribution in [0.25, 0.3) is 0 Å². The van der Waals surface area contributed by atoms with Crippen molar-refractivity contribution < 1.29 is 14.4 Å². The van der Waals surface area contributed by atoms with E-state index in [-0.39, 0.29) is 30.3 Å². The molecule has 2 heterocycles. The van der Waals surface area contributed by atoms with Crippen LogP contribution < -0.4 is 10.2 Å². The quantitative estimate of drug-likeness (QED) is 0.713. The van der Waals surface area contributed by atoms with Gasteiger partial charge in [0.1, 0.15) is 6.54 Å². The summed E-state index contributed by atoms with van der Waals surface area (Å²) >= 11 is 7.43. The van der Waals surface area contributed by atoms with E-state index in [1.807, 2.05) is 0 Å². The molecular formula is C22H28ClN3O3S. The maximum Gasteiger partial charge on any atom is 0.250 e. The number of amides is 3. The molecule has 0 spiro atoms. The molecule has 0 aromatic heterocycles. The summed E-state index contributed by atoms with van der Waals surface area (Å²) in [5.41, 5.74) is 0.649. The molecule has 30 heavy (non-hydrogen) atoms. The van der Waals surface area contributed by atoms with Gasteiger partial charge in [-0.2, -0.15) is 0 Å². The maximum atomic E-state index is 13.3. The Bertz CT molecular complexity index is 822. The van der Waals surface area contributed by atoms with Crippen LogP contribution in [-0.2, 0) is 14.4 Å². The van der Waals surface area contributed by atoms with E-state index >= 15 is 0 Å². The number of thioether (sulfide) groups is 1. The summed E-state index contributed by atoms with van der Waals surface area (Å²) in [6, 6.07) is 5.43. The topological polar surface area (TPSA) is 69.7 Å². The summed E-state index contributed by atoms with van der Waals surface area (Å²) < 4.78 is 0. The molecule has 8 heteroatoms. The lowest BCUT2D eigenvalue weighted by Crippen LogP contribution is -2.53. The monoisotopic (exact) mass is 449 g/mol. The zero-order valence-corrected chi connectivity index (χ0v) is 18.6. The van der Waals surface area contributed by atoms with Gasteiger partial charge in [0.2, 0.25) is 11.8 Å². The Morgan fingerprint density at radius 2 is 1.77 bits per heavy atom. The number of fused-ring (bicyclic) bond motifs is 1. The van der Waals surface area contributed by atoms with Gasteiger partial charge in [-0.05, 0) is 50.3 Å². The van der Waals surface area contributed by atoms with Gasteiger partial charge in [0.15, 0.2) is 5.25 Å². The number of halogens is 1. The van der Waals surface area contributed by atoms with E-state index in [1.54, 1.807) is 23.1 Å². The number of hydrogen-bond acceptors (Lipinski definition) is 4. The molecule has 2 aliphatic heterocycles. The molecule has 1 aromatic carbocycles. The first-order valence-corrected chi connectivity index (χ1v) is 12.1. The second-order valence-electron chi connectivity index (χ2n) is 8.32. The molecule has 1 aromatic rings. The van der Waals surface area contributed by atoms with Crippen LogP contribution >= 0.6 is 23.4 Å². The highest BCUT2D eigenvalue weighted by atomic mass is 35.5. The van der Waals surface area contributed by atoms with Crippen LogP contribution in [0.4, 0.5) is 5.69 Å². The number of piperidine rings is 1. The van der Waals surface area contributed by atoms with Crippen LogP contribution in [0.5, 0.6) is 0 Å². The van der Waals surface area contributed by atoms with Crippen molar-refractivity contribution in [3.8, 4) is 0 Å². The second kappa shape index (κ2) is 9.60. The molecule has 2 fully saturated rings. The van der Waals surface area contributed by atoms with Gasteiger partial charge < -0.3 is 15.1 Å². The van der Waals surface area contributed by atoms with Gasteiger partial charge in [-0.3, -0.25) is 14.4 Å². The molecule has 0 radical (unpaired) electrons. The predicted molar refractivity (Wildman–Crippen MR) is 119 cm³/mol. The van der Waals surface area contributed by atoms with E-state index in [4.69, 9.17) is 11.6 Å². The Morgan fingerprint density at radius 3 is 2.50 bits per heavy atom. The third-order valence-electron chi connectivity index (χ3n) is 6.11.